The number of aromatic amines is 1. The summed E-state index contributed by atoms with van der Waals surface area (Å²) >= 11 is 0. The lowest BCUT2D eigenvalue weighted by molar-refractivity contribution is -0.386. The third kappa shape index (κ3) is 4.18. The number of carbonyl (C=O) groups is 1. The monoisotopic (exact) mass is 365 g/mol. The Balaban J connectivity index is 1.83. The van der Waals surface area contributed by atoms with E-state index < -0.39 is 22.1 Å². The summed E-state index contributed by atoms with van der Waals surface area (Å²) in [7, 11) is 0. The molecule has 0 saturated heterocycles. The minimum absolute atomic E-state index is 0.0724. The Morgan fingerprint density at radius 3 is 2.48 bits per heavy atom. The lowest BCUT2D eigenvalue weighted by Crippen LogP contribution is -2.16. The molecule has 0 aliphatic carbocycles. The van der Waals surface area contributed by atoms with Gasteiger partial charge in [-0.15, -0.1) is 0 Å². The van der Waals surface area contributed by atoms with Crippen molar-refractivity contribution in [2.45, 2.75) is 6.61 Å². The Morgan fingerprint density at radius 2 is 1.74 bits per heavy atom. The van der Waals surface area contributed by atoms with Gasteiger partial charge in [0.25, 0.3) is 5.43 Å². The van der Waals surface area contributed by atoms with Crippen LogP contribution in [0.2, 0.25) is 0 Å². The summed E-state index contributed by atoms with van der Waals surface area (Å²) in [6, 6.07) is 15.7. The van der Waals surface area contributed by atoms with Crippen LogP contribution in [0.25, 0.3) is 11.1 Å². The van der Waals surface area contributed by atoms with Gasteiger partial charge in [0.05, 0.1) is 22.4 Å². The number of pyridine rings is 1. The fraction of sp³-hybridized carbons (Fsp3) is 0.0526. The molecule has 27 heavy (non-hydrogen) atoms. The molecule has 2 N–H and O–H groups in total. The molecule has 1 amide bonds. The number of para-hydroxylation sites is 1. The molecule has 0 aliphatic rings. The molecule has 2 aromatic carbocycles. The topological polar surface area (TPSA) is 114 Å². The first kappa shape index (κ1) is 17.9. The van der Waals surface area contributed by atoms with E-state index in [-0.39, 0.29) is 12.2 Å². The number of hydrogen-bond acceptors (Lipinski definition) is 5. The highest BCUT2D eigenvalue weighted by molar-refractivity contribution is 5.91. The van der Waals surface area contributed by atoms with Crippen molar-refractivity contribution in [2.75, 3.05) is 5.32 Å². The normalized spacial score (nSPS) is 10.2. The van der Waals surface area contributed by atoms with Crippen LogP contribution < -0.4 is 10.7 Å². The molecule has 3 aromatic rings. The molecule has 0 atom stereocenters. The SMILES string of the molecule is O=C(Nc1ccccc1-c1c[nH]cc([N+](=O)[O-])c1=O)OCc1ccccc1. The molecule has 136 valence electrons. The number of amides is 1. The molecule has 0 bridgehead atoms. The maximum atomic E-state index is 12.4. The Morgan fingerprint density at radius 1 is 1.04 bits per heavy atom. The van der Waals surface area contributed by atoms with Crippen molar-refractivity contribution in [3.05, 3.63) is 92.9 Å². The lowest BCUT2D eigenvalue weighted by atomic mass is 10.0. The van der Waals surface area contributed by atoms with E-state index in [1.165, 1.54) is 6.20 Å². The number of rotatable bonds is 5. The van der Waals surface area contributed by atoms with E-state index in [0.29, 0.717) is 11.3 Å². The van der Waals surface area contributed by atoms with Gasteiger partial charge in [-0.1, -0.05) is 48.5 Å². The first-order chi connectivity index (χ1) is 13.1. The summed E-state index contributed by atoms with van der Waals surface area (Å²) < 4.78 is 5.17. The zero-order valence-electron chi connectivity index (χ0n) is 14.0. The number of nitrogens with one attached hydrogen (secondary N) is 2. The number of hydrogen-bond donors (Lipinski definition) is 2. The largest absolute Gasteiger partial charge is 0.444 e. The second kappa shape index (κ2) is 7.96. The van der Waals surface area contributed by atoms with E-state index in [4.69, 9.17) is 4.74 Å². The van der Waals surface area contributed by atoms with Crippen LogP contribution >= 0.6 is 0 Å². The first-order valence-corrected chi connectivity index (χ1v) is 7.99. The van der Waals surface area contributed by atoms with Crippen LogP contribution in [0.4, 0.5) is 16.2 Å². The van der Waals surface area contributed by atoms with Crippen molar-refractivity contribution in [3.8, 4) is 11.1 Å². The molecular weight excluding hydrogens is 350 g/mol. The van der Waals surface area contributed by atoms with Crippen molar-refractivity contribution in [2.24, 2.45) is 0 Å². The number of nitrogens with zero attached hydrogens (tertiary/aromatic N) is 1. The average Bonchev–Trinajstić information content (AvgIpc) is 2.68. The van der Waals surface area contributed by atoms with Crippen LogP contribution in [-0.4, -0.2) is 16.0 Å². The Bertz CT molecular complexity index is 1030. The smallest absolute Gasteiger partial charge is 0.411 e. The second-order valence-corrected chi connectivity index (χ2v) is 5.57. The highest BCUT2D eigenvalue weighted by atomic mass is 16.6. The third-order valence-corrected chi connectivity index (χ3v) is 3.79. The molecule has 3 rings (SSSR count). The van der Waals surface area contributed by atoms with Gasteiger partial charge >= 0.3 is 11.8 Å². The molecule has 0 unspecified atom stereocenters. The van der Waals surface area contributed by atoms with Crippen LogP contribution in [0.5, 0.6) is 0 Å². The van der Waals surface area contributed by atoms with Crippen LogP contribution in [0.1, 0.15) is 5.56 Å². The zero-order valence-corrected chi connectivity index (χ0v) is 14.0. The summed E-state index contributed by atoms with van der Waals surface area (Å²) in [5, 5.41) is 13.6. The standard InChI is InChI=1S/C19H15N3O5/c23-18-15(10-20-11-17(18)22(25)26)14-8-4-5-9-16(14)21-19(24)27-12-13-6-2-1-3-7-13/h1-11H,12H2,(H,20,23)(H,21,24). The van der Waals surface area contributed by atoms with Crippen molar-refractivity contribution in [1.29, 1.82) is 0 Å². The van der Waals surface area contributed by atoms with Gasteiger partial charge < -0.3 is 9.72 Å². The predicted molar refractivity (Wildman–Crippen MR) is 99.4 cm³/mol. The van der Waals surface area contributed by atoms with Gasteiger partial charge in [-0.05, 0) is 11.6 Å². The summed E-state index contributed by atoms with van der Waals surface area (Å²) in [5.74, 6) is 0. The van der Waals surface area contributed by atoms with Gasteiger partial charge in [0.15, 0.2) is 0 Å². The molecule has 0 saturated carbocycles. The second-order valence-electron chi connectivity index (χ2n) is 5.57. The maximum Gasteiger partial charge on any atom is 0.411 e. The predicted octanol–water partition coefficient (Wildman–Crippen LogP) is 3.70. The highest BCUT2D eigenvalue weighted by Gasteiger charge is 2.18. The van der Waals surface area contributed by atoms with E-state index >= 15 is 0 Å². The van der Waals surface area contributed by atoms with Crippen molar-refractivity contribution in [1.82, 2.24) is 4.98 Å². The van der Waals surface area contributed by atoms with Crippen LogP contribution in [-0.2, 0) is 11.3 Å². The Labute approximate surface area is 153 Å². The Kier molecular flexibility index (Phi) is 5.27. The van der Waals surface area contributed by atoms with Crippen LogP contribution in [0.3, 0.4) is 0 Å². The highest BCUT2D eigenvalue weighted by Crippen LogP contribution is 2.26. The first-order valence-electron chi connectivity index (χ1n) is 7.99. The molecule has 0 spiro atoms. The number of aromatic nitrogens is 1. The molecule has 1 heterocycles. The number of benzene rings is 2. The fourth-order valence-corrected chi connectivity index (χ4v) is 2.50. The molecular formula is C19H15N3O5. The van der Waals surface area contributed by atoms with Gasteiger partial charge in [0, 0.05) is 11.8 Å². The van der Waals surface area contributed by atoms with Gasteiger partial charge in [-0.2, -0.15) is 0 Å². The van der Waals surface area contributed by atoms with Crippen molar-refractivity contribution >= 4 is 17.5 Å². The minimum atomic E-state index is -0.757. The lowest BCUT2D eigenvalue weighted by Gasteiger charge is -2.11. The third-order valence-electron chi connectivity index (χ3n) is 3.79. The number of anilines is 1. The summed E-state index contributed by atoms with van der Waals surface area (Å²) in [6.45, 7) is 0.0895. The van der Waals surface area contributed by atoms with Crippen molar-refractivity contribution < 1.29 is 14.5 Å². The fourth-order valence-electron chi connectivity index (χ4n) is 2.50. The van der Waals surface area contributed by atoms with E-state index in [1.54, 1.807) is 24.3 Å². The van der Waals surface area contributed by atoms with Gasteiger partial charge in [-0.3, -0.25) is 20.2 Å². The zero-order chi connectivity index (χ0) is 19.2. The molecule has 0 aliphatic heterocycles. The van der Waals surface area contributed by atoms with Gasteiger partial charge in [-0.25, -0.2) is 4.79 Å². The van der Waals surface area contributed by atoms with Gasteiger partial charge in [0.1, 0.15) is 6.61 Å². The van der Waals surface area contributed by atoms with E-state index in [1.807, 2.05) is 30.3 Å². The number of ether oxygens (including phenoxy) is 1. The minimum Gasteiger partial charge on any atom is -0.444 e. The Hall–Kier alpha value is -3.94. The number of H-pyrrole nitrogens is 1. The van der Waals surface area contributed by atoms with E-state index in [2.05, 4.69) is 10.3 Å². The molecule has 0 fully saturated rings. The maximum absolute atomic E-state index is 12.4. The number of nitro groups is 1. The number of carbonyl (C=O) groups excluding carboxylic acids is 1. The summed E-state index contributed by atoms with van der Waals surface area (Å²) in [6.07, 6.45) is 1.68. The van der Waals surface area contributed by atoms with Crippen LogP contribution in [0.15, 0.2) is 71.8 Å². The van der Waals surface area contributed by atoms with Gasteiger partial charge in [0.2, 0.25) is 0 Å². The molecule has 8 heteroatoms. The summed E-state index contributed by atoms with van der Waals surface area (Å²) in [4.78, 5) is 37.3. The summed E-state index contributed by atoms with van der Waals surface area (Å²) in [5.41, 5.74) is 0.236. The van der Waals surface area contributed by atoms with E-state index in [9.17, 15) is 19.7 Å². The van der Waals surface area contributed by atoms with Crippen LogP contribution in [0, 0.1) is 10.1 Å². The average molecular weight is 365 g/mol. The molecule has 8 nitrogen and oxygen atoms in total. The molecule has 0 radical (unpaired) electrons. The quantitative estimate of drug-likeness (QED) is 0.528. The van der Waals surface area contributed by atoms with E-state index in [0.717, 1.165) is 11.8 Å². The van der Waals surface area contributed by atoms with Crippen molar-refractivity contribution in [3.63, 3.8) is 0 Å². The molecule has 1 aromatic heterocycles.